The van der Waals surface area contributed by atoms with Crippen LogP contribution in [0.25, 0.3) is 0 Å². The fourth-order valence-electron chi connectivity index (χ4n) is 4.34. The molecule has 130 valence electrons. The van der Waals surface area contributed by atoms with Crippen LogP contribution in [0.5, 0.6) is 0 Å². The Balaban J connectivity index is 1.38. The SMILES string of the molecule is O=C1[C@@H]2CN(CCCn3cccc3)C[C@]2(C(=O)O)CN1CC1CC1. The Labute approximate surface area is 142 Å². The van der Waals surface area contributed by atoms with Gasteiger partial charge in [0.1, 0.15) is 5.41 Å². The van der Waals surface area contributed by atoms with Crippen molar-refractivity contribution < 1.29 is 14.7 Å². The molecular weight excluding hydrogens is 306 g/mol. The van der Waals surface area contributed by atoms with E-state index in [1.165, 1.54) is 12.8 Å². The van der Waals surface area contributed by atoms with Gasteiger partial charge in [-0.15, -0.1) is 0 Å². The van der Waals surface area contributed by atoms with E-state index in [1.807, 2.05) is 29.4 Å². The number of aryl methyl sites for hydroxylation is 1. The molecule has 2 atom stereocenters. The van der Waals surface area contributed by atoms with Gasteiger partial charge in [-0.3, -0.25) is 9.59 Å². The molecule has 3 aliphatic rings. The highest BCUT2D eigenvalue weighted by Gasteiger charge is 2.62. The Hall–Kier alpha value is -1.82. The van der Waals surface area contributed by atoms with E-state index in [2.05, 4.69) is 9.47 Å². The van der Waals surface area contributed by atoms with Gasteiger partial charge in [-0.25, -0.2) is 0 Å². The lowest BCUT2D eigenvalue weighted by molar-refractivity contribution is -0.149. The number of hydrogen-bond donors (Lipinski definition) is 1. The molecule has 4 rings (SSSR count). The molecule has 1 aliphatic carbocycles. The first-order valence-electron chi connectivity index (χ1n) is 8.94. The van der Waals surface area contributed by atoms with E-state index in [9.17, 15) is 14.7 Å². The number of nitrogens with zero attached hydrogens (tertiary/aromatic N) is 3. The van der Waals surface area contributed by atoms with Crippen LogP contribution in [0.1, 0.15) is 19.3 Å². The van der Waals surface area contributed by atoms with E-state index < -0.39 is 11.4 Å². The average Bonchev–Trinajstić information content (AvgIpc) is 2.96. The second-order valence-corrected chi connectivity index (χ2v) is 7.69. The molecule has 1 N–H and O–H groups in total. The monoisotopic (exact) mass is 331 g/mol. The number of fused-ring (bicyclic) bond motifs is 1. The maximum Gasteiger partial charge on any atom is 0.313 e. The summed E-state index contributed by atoms with van der Waals surface area (Å²) in [4.78, 5) is 28.7. The zero-order valence-electron chi connectivity index (χ0n) is 13.9. The summed E-state index contributed by atoms with van der Waals surface area (Å²) in [5.74, 6) is -0.485. The maximum atomic E-state index is 12.7. The minimum atomic E-state index is -0.889. The molecule has 1 aromatic heterocycles. The molecule has 0 bridgehead atoms. The lowest BCUT2D eigenvalue weighted by Crippen LogP contribution is -2.41. The number of amides is 1. The minimum absolute atomic E-state index is 0.0669. The van der Waals surface area contributed by atoms with Gasteiger partial charge in [-0.2, -0.15) is 0 Å². The molecule has 0 radical (unpaired) electrons. The van der Waals surface area contributed by atoms with Crippen molar-refractivity contribution in [3.8, 4) is 0 Å². The number of aromatic nitrogens is 1. The average molecular weight is 331 g/mol. The van der Waals surface area contributed by atoms with Gasteiger partial charge in [-0.05, 0) is 43.9 Å². The molecule has 1 amide bonds. The molecule has 1 aromatic rings. The summed E-state index contributed by atoms with van der Waals surface area (Å²) in [6, 6.07) is 4.01. The zero-order chi connectivity index (χ0) is 16.7. The van der Waals surface area contributed by atoms with Gasteiger partial charge in [0.05, 0.1) is 5.92 Å². The Morgan fingerprint density at radius 2 is 1.96 bits per heavy atom. The Morgan fingerprint density at radius 3 is 2.58 bits per heavy atom. The van der Waals surface area contributed by atoms with Crippen LogP contribution in [-0.4, -0.2) is 64.1 Å². The Kier molecular flexibility index (Phi) is 3.87. The van der Waals surface area contributed by atoms with E-state index in [4.69, 9.17) is 0 Å². The van der Waals surface area contributed by atoms with Crippen LogP contribution < -0.4 is 0 Å². The first kappa shape index (κ1) is 15.7. The van der Waals surface area contributed by atoms with E-state index in [0.717, 1.165) is 26.1 Å². The summed E-state index contributed by atoms with van der Waals surface area (Å²) >= 11 is 0. The van der Waals surface area contributed by atoms with Crippen molar-refractivity contribution in [2.24, 2.45) is 17.3 Å². The highest BCUT2D eigenvalue weighted by atomic mass is 16.4. The minimum Gasteiger partial charge on any atom is -0.481 e. The number of likely N-dealkylation sites (tertiary alicyclic amines) is 2. The van der Waals surface area contributed by atoms with Gasteiger partial charge in [0.2, 0.25) is 5.91 Å². The van der Waals surface area contributed by atoms with Crippen molar-refractivity contribution >= 4 is 11.9 Å². The smallest absolute Gasteiger partial charge is 0.313 e. The highest BCUT2D eigenvalue weighted by Crippen LogP contribution is 2.45. The third kappa shape index (κ3) is 2.73. The van der Waals surface area contributed by atoms with Gasteiger partial charge in [0.25, 0.3) is 0 Å². The number of carboxylic acids is 1. The molecule has 0 aromatic carbocycles. The molecule has 0 unspecified atom stereocenters. The van der Waals surface area contributed by atoms with E-state index in [-0.39, 0.29) is 11.8 Å². The number of carbonyl (C=O) groups is 2. The van der Waals surface area contributed by atoms with Crippen LogP contribution in [0, 0.1) is 17.3 Å². The van der Waals surface area contributed by atoms with Crippen LogP contribution in [0.3, 0.4) is 0 Å². The fraction of sp³-hybridized carbons (Fsp3) is 0.667. The lowest BCUT2D eigenvalue weighted by atomic mass is 9.81. The van der Waals surface area contributed by atoms with Crippen molar-refractivity contribution in [2.45, 2.75) is 25.8 Å². The second kappa shape index (κ2) is 5.92. The molecular formula is C18H25N3O3. The second-order valence-electron chi connectivity index (χ2n) is 7.69. The Bertz CT molecular complexity index is 625. The summed E-state index contributed by atoms with van der Waals surface area (Å²) < 4.78 is 2.13. The van der Waals surface area contributed by atoms with Crippen LogP contribution in [0.15, 0.2) is 24.5 Å². The zero-order valence-corrected chi connectivity index (χ0v) is 13.9. The van der Waals surface area contributed by atoms with Gasteiger partial charge < -0.3 is 19.5 Å². The third-order valence-electron chi connectivity index (χ3n) is 5.85. The third-order valence-corrected chi connectivity index (χ3v) is 5.85. The molecule has 2 saturated heterocycles. The quantitative estimate of drug-likeness (QED) is 0.813. The molecule has 6 heteroatoms. The number of aliphatic carboxylic acids is 1. The van der Waals surface area contributed by atoms with Crippen LogP contribution in [0.2, 0.25) is 0 Å². The summed E-state index contributed by atoms with van der Waals surface area (Å²) in [5.41, 5.74) is -0.889. The van der Waals surface area contributed by atoms with E-state index in [1.54, 1.807) is 0 Å². The number of rotatable bonds is 7. The number of carboxylic acid groups (broad SMARTS) is 1. The van der Waals surface area contributed by atoms with E-state index >= 15 is 0 Å². The summed E-state index contributed by atoms with van der Waals surface area (Å²) in [6.45, 7) is 4.04. The molecule has 24 heavy (non-hydrogen) atoms. The lowest BCUT2D eigenvalue weighted by Gasteiger charge is -2.25. The van der Waals surface area contributed by atoms with Gasteiger partial charge in [0, 0.05) is 45.1 Å². The molecule has 6 nitrogen and oxygen atoms in total. The standard InChI is InChI=1S/C18H25N3O3/c22-16-15-11-20(9-3-8-19-6-1-2-7-19)12-18(15,17(23)24)13-21(16)10-14-4-5-14/h1-2,6-7,14-15H,3-5,8-13H2,(H,23,24)/t15-,18-/m0/s1. The largest absolute Gasteiger partial charge is 0.481 e. The fourth-order valence-corrected chi connectivity index (χ4v) is 4.34. The topological polar surface area (TPSA) is 65.8 Å². The Morgan fingerprint density at radius 1 is 1.21 bits per heavy atom. The van der Waals surface area contributed by atoms with Gasteiger partial charge in [0.15, 0.2) is 0 Å². The van der Waals surface area contributed by atoms with Gasteiger partial charge >= 0.3 is 5.97 Å². The van der Waals surface area contributed by atoms with E-state index in [0.29, 0.717) is 25.6 Å². The maximum absolute atomic E-state index is 12.7. The normalized spacial score (nSPS) is 30.1. The highest BCUT2D eigenvalue weighted by molar-refractivity contribution is 5.92. The summed E-state index contributed by atoms with van der Waals surface area (Å²) in [6.07, 6.45) is 7.41. The molecule has 0 spiro atoms. The predicted octanol–water partition coefficient (Wildman–Crippen LogP) is 1.13. The van der Waals surface area contributed by atoms with Crippen LogP contribution >= 0.6 is 0 Å². The van der Waals surface area contributed by atoms with Crippen LogP contribution in [-0.2, 0) is 16.1 Å². The first-order valence-corrected chi connectivity index (χ1v) is 8.94. The predicted molar refractivity (Wildman–Crippen MR) is 88.4 cm³/mol. The van der Waals surface area contributed by atoms with Crippen molar-refractivity contribution in [1.82, 2.24) is 14.4 Å². The summed E-state index contributed by atoms with van der Waals surface area (Å²) in [7, 11) is 0. The van der Waals surface area contributed by atoms with Gasteiger partial charge in [-0.1, -0.05) is 0 Å². The van der Waals surface area contributed by atoms with Crippen molar-refractivity contribution in [1.29, 1.82) is 0 Å². The first-order chi connectivity index (χ1) is 11.6. The molecule has 3 heterocycles. The molecule has 1 saturated carbocycles. The molecule has 3 fully saturated rings. The van der Waals surface area contributed by atoms with Crippen molar-refractivity contribution in [3.05, 3.63) is 24.5 Å². The van der Waals surface area contributed by atoms with Crippen LogP contribution in [0.4, 0.5) is 0 Å². The number of hydrogen-bond acceptors (Lipinski definition) is 3. The number of carbonyl (C=O) groups excluding carboxylic acids is 1. The van der Waals surface area contributed by atoms with Crippen molar-refractivity contribution in [3.63, 3.8) is 0 Å². The summed E-state index contributed by atoms with van der Waals surface area (Å²) in [5, 5.41) is 9.84. The molecule has 2 aliphatic heterocycles. The van der Waals surface area contributed by atoms with Crippen molar-refractivity contribution in [2.75, 3.05) is 32.7 Å².